The van der Waals surface area contributed by atoms with Gasteiger partial charge in [0.2, 0.25) is 11.8 Å². The van der Waals surface area contributed by atoms with E-state index in [1.54, 1.807) is 12.1 Å². The third kappa shape index (κ3) is 5.54. The molecule has 0 aliphatic carbocycles. The Morgan fingerprint density at radius 2 is 1.59 bits per heavy atom. The predicted molar refractivity (Wildman–Crippen MR) is 103 cm³/mol. The molecular formula is C21H24FN3O2. The van der Waals surface area contributed by atoms with Crippen LogP contribution in [-0.4, -0.2) is 49.4 Å². The summed E-state index contributed by atoms with van der Waals surface area (Å²) in [5.74, 6) is -0.272. The number of nitrogens with zero attached hydrogens (tertiary/aromatic N) is 2. The minimum Gasteiger partial charge on any atom is -0.368 e. The van der Waals surface area contributed by atoms with Crippen LogP contribution in [0.25, 0.3) is 0 Å². The van der Waals surface area contributed by atoms with Crippen molar-refractivity contribution in [3.8, 4) is 0 Å². The number of nitrogens with one attached hydrogen (secondary N) is 1. The van der Waals surface area contributed by atoms with Gasteiger partial charge >= 0.3 is 0 Å². The molecule has 0 atom stereocenters. The monoisotopic (exact) mass is 369 g/mol. The van der Waals surface area contributed by atoms with Gasteiger partial charge in [0.05, 0.1) is 6.42 Å². The molecule has 2 amide bonds. The van der Waals surface area contributed by atoms with E-state index in [1.807, 2.05) is 35.2 Å². The summed E-state index contributed by atoms with van der Waals surface area (Å²) in [4.78, 5) is 28.2. The number of anilines is 1. The van der Waals surface area contributed by atoms with Crippen molar-refractivity contribution in [2.24, 2.45) is 0 Å². The van der Waals surface area contributed by atoms with Gasteiger partial charge in [0, 0.05) is 44.8 Å². The van der Waals surface area contributed by atoms with E-state index >= 15 is 0 Å². The van der Waals surface area contributed by atoms with Crippen molar-refractivity contribution >= 4 is 17.5 Å². The second-order valence-electron chi connectivity index (χ2n) is 6.61. The first kappa shape index (κ1) is 18.9. The van der Waals surface area contributed by atoms with Crippen LogP contribution in [0.1, 0.15) is 12.0 Å². The first-order valence-corrected chi connectivity index (χ1v) is 9.21. The standard InChI is InChI=1S/C21H24FN3O2/c22-18-6-8-19(9-7-18)24-12-14-25(15-13-24)21(27)10-11-23-20(26)16-17-4-2-1-3-5-17/h1-9H,10-16H2,(H,23,26). The largest absolute Gasteiger partial charge is 0.368 e. The molecule has 2 aromatic rings. The highest BCUT2D eigenvalue weighted by molar-refractivity contribution is 5.80. The fraction of sp³-hybridized carbons (Fsp3) is 0.333. The van der Waals surface area contributed by atoms with Crippen LogP contribution in [0.15, 0.2) is 54.6 Å². The second kappa shape index (κ2) is 9.16. The number of hydrogen-bond donors (Lipinski definition) is 1. The summed E-state index contributed by atoms with van der Waals surface area (Å²) in [6.07, 6.45) is 0.627. The second-order valence-corrected chi connectivity index (χ2v) is 6.61. The van der Waals surface area contributed by atoms with E-state index in [0.29, 0.717) is 32.5 Å². The van der Waals surface area contributed by atoms with Crippen molar-refractivity contribution in [3.05, 3.63) is 66.0 Å². The van der Waals surface area contributed by atoms with E-state index in [9.17, 15) is 14.0 Å². The molecule has 5 nitrogen and oxygen atoms in total. The number of halogens is 1. The number of rotatable bonds is 6. The van der Waals surface area contributed by atoms with Crippen LogP contribution in [0.4, 0.5) is 10.1 Å². The van der Waals surface area contributed by atoms with E-state index < -0.39 is 0 Å². The van der Waals surface area contributed by atoms with Gasteiger partial charge in [-0.1, -0.05) is 30.3 Å². The molecule has 1 aliphatic rings. The van der Waals surface area contributed by atoms with Gasteiger partial charge < -0.3 is 15.1 Å². The minimum absolute atomic E-state index is 0.0498. The van der Waals surface area contributed by atoms with Gasteiger partial charge in [-0.3, -0.25) is 9.59 Å². The van der Waals surface area contributed by atoms with Crippen molar-refractivity contribution in [2.45, 2.75) is 12.8 Å². The van der Waals surface area contributed by atoms with Gasteiger partial charge in [0.1, 0.15) is 5.82 Å². The summed E-state index contributed by atoms with van der Waals surface area (Å²) in [6.45, 7) is 3.06. The molecule has 142 valence electrons. The molecule has 1 saturated heterocycles. The summed E-state index contributed by atoms with van der Waals surface area (Å²) < 4.78 is 13.0. The van der Waals surface area contributed by atoms with Gasteiger partial charge in [-0.25, -0.2) is 4.39 Å². The van der Waals surface area contributed by atoms with E-state index in [0.717, 1.165) is 24.3 Å². The van der Waals surface area contributed by atoms with E-state index in [-0.39, 0.29) is 17.6 Å². The van der Waals surface area contributed by atoms with Crippen molar-refractivity contribution in [3.63, 3.8) is 0 Å². The lowest BCUT2D eigenvalue weighted by Crippen LogP contribution is -2.49. The molecule has 0 radical (unpaired) electrons. The zero-order valence-corrected chi connectivity index (χ0v) is 15.2. The summed E-state index contributed by atoms with van der Waals surface area (Å²) in [7, 11) is 0. The molecular weight excluding hydrogens is 345 g/mol. The topological polar surface area (TPSA) is 52.7 Å². The highest BCUT2D eigenvalue weighted by Crippen LogP contribution is 2.17. The van der Waals surface area contributed by atoms with Crippen LogP contribution < -0.4 is 10.2 Å². The van der Waals surface area contributed by atoms with Crippen molar-refractivity contribution in [1.82, 2.24) is 10.2 Å². The van der Waals surface area contributed by atoms with Crippen molar-refractivity contribution < 1.29 is 14.0 Å². The Bertz CT molecular complexity index is 757. The molecule has 2 aromatic carbocycles. The number of benzene rings is 2. The SMILES string of the molecule is O=C(Cc1ccccc1)NCCC(=O)N1CCN(c2ccc(F)cc2)CC1. The van der Waals surface area contributed by atoms with Crippen LogP contribution in [-0.2, 0) is 16.0 Å². The smallest absolute Gasteiger partial charge is 0.224 e. The Balaban J connectivity index is 1.37. The number of carbonyl (C=O) groups excluding carboxylic acids is 2. The lowest BCUT2D eigenvalue weighted by atomic mass is 10.1. The summed E-state index contributed by atoms with van der Waals surface area (Å²) >= 11 is 0. The van der Waals surface area contributed by atoms with Gasteiger partial charge in [0.15, 0.2) is 0 Å². The average Bonchev–Trinajstić information content (AvgIpc) is 2.69. The zero-order chi connectivity index (χ0) is 19.1. The lowest BCUT2D eigenvalue weighted by molar-refractivity contribution is -0.131. The molecule has 1 fully saturated rings. The molecule has 0 unspecified atom stereocenters. The van der Waals surface area contributed by atoms with Crippen molar-refractivity contribution in [2.75, 3.05) is 37.6 Å². The van der Waals surface area contributed by atoms with Crippen LogP contribution in [0.3, 0.4) is 0 Å². The van der Waals surface area contributed by atoms with E-state index in [1.165, 1.54) is 12.1 Å². The van der Waals surface area contributed by atoms with E-state index in [2.05, 4.69) is 10.2 Å². The molecule has 0 spiro atoms. The highest BCUT2D eigenvalue weighted by Gasteiger charge is 2.21. The maximum Gasteiger partial charge on any atom is 0.224 e. The Morgan fingerprint density at radius 3 is 2.26 bits per heavy atom. The molecule has 0 bridgehead atoms. The number of carbonyl (C=O) groups is 2. The Labute approximate surface area is 158 Å². The molecule has 1 N–H and O–H groups in total. The predicted octanol–water partition coefficient (Wildman–Crippen LogP) is 2.22. The van der Waals surface area contributed by atoms with Gasteiger partial charge in [-0.05, 0) is 29.8 Å². The first-order chi connectivity index (χ1) is 13.1. The normalized spacial score (nSPS) is 14.1. The van der Waals surface area contributed by atoms with Crippen molar-refractivity contribution in [1.29, 1.82) is 0 Å². The Hall–Kier alpha value is -2.89. The highest BCUT2D eigenvalue weighted by atomic mass is 19.1. The fourth-order valence-electron chi connectivity index (χ4n) is 3.18. The van der Waals surface area contributed by atoms with Crippen LogP contribution in [0, 0.1) is 5.82 Å². The summed E-state index contributed by atoms with van der Waals surface area (Å²) in [5, 5.41) is 2.81. The third-order valence-corrected chi connectivity index (χ3v) is 4.69. The minimum atomic E-state index is -0.248. The fourth-order valence-corrected chi connectivity index (χ4v) is 3.18. The van der Waals surface area contributed by atoms with Gasteiger partial charge in [0.25, 0.3) is 0 Å². The quantitative estimate of drug-likeness (QED) is 0.850. The molecule has 1 aliphatic heterocycles. The number of hydrogen-bond acceptors (Lipinski definition) is 3. The van der Waals surface area contributed by atoms with E-state index in [4.69, 9.17) is 0 Å². The molecule has 1 heterocycles. The third-order valence-electron chi connectivity index (χ3n) is 4.69. The first-order valence-electron chi connectivity index (χ1n) is 9.21. The molecule has 27 heavy (non-hydrogen) atoms. The summed E-state index contributed by atoms with van der Waals surface area (Å²) in [5.41, 5.74) is 1.93. The molecule has 0 saturated carbocycles. The van der Waals surface area contributed by atoms with Gasteiger partial charge in [-0.2, -0.15) is 0 Å². The Morgan fingerprint density at radius 1 is 0.926 bits per heavy atom. The summed E-state index contributed by atoms with van der Waals surface area (Å²) in [6, 6.07) is 15.9. The van der Waals surface area contributed by atoms with Crippen LogP contribution in [0.5, 0.6) is 0 Å². The molecule has 6 heteroatoms. The number of piperazine rings is 1. The van der Waals surface area contributed by atoms with Crippen LogP contribution in [0.2, 0.25) is 0 Å². The zero-order valence-electron chi connectivity index (χ0n) is 15.2. The van der Waals surface area contributed by atoms with Gasteiger partial charge in [-0.15, -0.1) is 0 Å². The Kier molecular flexibility index (Phi) is 6.41. The maximum atomic E-state index is 13.0. The van der Waals surface area contributed by atoms with Crippen LogP contribution >= 0.6 is 0 Å². The molecule has 0 aromatic heterocycles. The number of amides is 2. The molecule has 3 rings (SSSR count). The lowest BCUT2D eigenvalue weighted by Gasteiger charge is -2.36. The maximum absolute atomic E-state index is 13.0. The average molecular weight is 369 g/mol.